The zero-order chi connectivity index (χ0) is 18.9. The molecule has 1 saturated heterocycles. The first-order chi connectivity index (χ1) is 13.8. The summed E-state index contributed by atoms with van der Waals surface area (Å²) in [5.41, 5.74) is 1.63. The Balaban J connectivity index is 1.20. The van der Waals surface area contributed by atoms with E-state index in [1.54, 1.807) is 11.3 Å². The van der Waals surface area contributed by atoms with Crippen molar-refractivity contribution in [3.63, 3.8) is 0 Å². The number of amides is 1. The number of nitrogens with zero attached hydrogens (tertiary/aromatic N) is 4. The molecule has 0 atom stereocenters. The first kappa shape index (κ1) is 17.2. The average Bonchev–Trinajstić information content (AvgIpc) is 3.47. The van der Waals surface area contributed by atoms with Crippen LogP contribution in [0, 0.1) is 0 Å². The molecule has 1 aromatic carbocycles. The summed E-state index contributed by atoms with van der Waals surface area (Å²) in [6, 6.07) is 13.8. The Bertz CT molecular complexity index is 1060. The third-order valence-corrected chi connectivity index (χ3v) is 5.85. The minimum atomic E-state index is 0.0496. The van der Waals surface area contributed by atoms with Crippen LogP contribution < -0.4 is 0 Å². The van der Waals surface area contributed by atoms with E-state index in [-0.39, 0.29) is 5.91 Å². The van der Waals surface area contributed by atoms with E-state index in [1.165, 1.54) is 0 Å². The van der Waals surface area contributed by atoms with Gasteiger partial charge in [0.15, 0.2) is 0 Å². The largest absolute Gasteiger partial charge is 0.351 e. The van der Waals surface area contributed by atoms with Crippen molar-refractivity contribution in [1.29, 1.82) is 0 Å². The number of rotatable bonds is 4. The zero-order valence-electron chi connectivity index (χ0n) is 15.2. The third-order valence-electron chi connectivity index (χ3n) is 4.99. The van der Waals surface area contributed by atoms with E-state index in [9.17, 15) is 4.79 Å². The Hall–Kier alpha value is -2.97. The van der Waals surface area contributed by atoms with Crippen LogP contribution in [0.15, 0.2) is 52.4 Å². The number of piperazine rings is 1. The number of hydrogen-bond acceptors (Lipinski definition) is 6. The number of aromatic amines is 1. The van der Waals surface area contributed by atoms with E-state index >= 15 is 0 Å². The highest BCUT2D eigenvalue weighted by Crippen LogP contribution is 2.22. The highest BCUT2D eigenvalue weighted by Gasteiger charge is 2.24. The van der Waals surface area contributed by atoms with E-state index in [0.29, 0.717) is 37.0 Å². The van der Waals surface area contributed by atoms with Crippen LogP contribution in [0.25, 0.3) is 21.6 Å². The zero-order valence-corrected chi connectivity index (χ0v) is 16.0. The number of thiophene rings is 1. The number of hydrogen-bond donors (Lipinski definition) is 1. The molecular formula is C20H19N5O2S. The van der Waals surface area contributed by atoms with Crippen LogP contribution in [-0.2, 0) is 6.54 Å². The van der Waals surface area contributed by atoms with Crippen LogP contribution in [0.2, 0.25) is 0 Å². The first-order valence-electron chi connectivity index (χ1n) is 9.22. The standard InChI is InChI=1S/C20H19N5O2S/c26-20(16-12-14-4-1-2-5-15(14)21-16)25-9-7-24(8-10-25)13-18-22-19(23-27-18)17-6-3-11-28-17/h1-6,11-12,21H,7-10,13H2. The molecule has 3 aromatic heterocycles. The number of nitrogens with one attached hydrogen (secondary N) is 1. The second-order valence-corrected chi connectivity index (χ2v) is 7.78. The van der Waals surface area contributed by atoms with E-state index in [0.717, 1.165) is 28.9 Å². The number of aromatic nitrogens is 3. The number of H-pyrrole nitrogens is 1. The topological polar surface area (TPSA) is 78.3 Å². The minimum Gasteiger partial charge on any atom is -0.351 e. The molecule has 7 nitrogen and oxygen atoms in total. The summed E-state index contributed by atoms with van der Waals surface area (Å²) in [4.78, 5) is 25.6. The molecule has 0 aliphatic carbocycles. The van der Waals surface area contributed by atoms with Gasteiger partial charge in [-0.2, -0.15) is 4.98 Å². The first-order valence-corrected chi connectivity index (χ1v) is 10.1. The van der Waals surface area contributed by atoms with Gasteiger partial charge in [0.05, 0.1) is 11.4 Å². The van der Waals surface area contributed by atoms with Gasteiger partial charge in [-0.25, -0.2) is 0 Å². The molecular weight excluding hydrogens is 374 g/mol. The lowest BCUT2D eigenvalue weighted by atomic mass is 10.2. The van der Waals surface area contributed by atoms with Gasteiger partial charge in [0.2, 0.25) is 11.7 Å². The molecule has 1 aliphatic heterocycles. The van der Waals surface area contributed by atoms with Crippen molar-refractivity contribution >= 4 is 28.1 Å². The molecule has 1 aliphatic rings. The molecule has 0 bridgehead atoms. The molecule has 142 valence electrons. The summed E-state index contributed by atoms with van der Waals surface area (Å²) in [7, 11) is 0. The summed E-state index contributed by atoms with van der Waals surface area (Å²) in [5.74, 6) is 1.30. The van der Waals surface area contributed by atoms with Crippen LogP contribution >= 0.6 is 11.3 Å². The Morgan fingerprint density at radius 1 is 1.14 bits per heavy atom. The SMILES string of the molecule is O=C(c1cc2ccccc2[nH]1)N1CCN(Cc2nc(-c3cccs3)no2)CC1. The van der Waals surface area contributed by atoms with Crippen molar-refractivity contribution in [2.75, 3.05) is 26.2 Å². The summed E-state index contributed by atoms with van der Waals surface area (Å²) >= 11 is 1.59. The predicted octanol–water partition coefficient (Wildman–Crippen LogP) is 3.24. The highest BCUT2D eigenvalue weighted by atomic mass is 32.1. The molecule has 28 heavy (non-hydrogen) atoms. The van der Waals surface area contributed by atoms with Crippen molar-refractivity contribution in [1.82, 2.24) is 24.9 Å². The second kappa shape index (κ2) is 7.21. The lowest BCUT2D eigenvalue weighted by molar-refractivity contribution is 0.0610. The third kappa shape index (κ3) is 3.32. The van der Waals surface area contributed by atoms with Gasteiger partial charge in [-0.1, -0.05) is 29.4 Å². The highest BCUT2D eigenvalue weighted by molar-refractivity contribution is 7.13. The second-order valence-electron chi connectivity index (χ2n) is 6.83. The van der Waals surface area contributed by atoms with Crippen LogP contribution in [0.1, 0.15) is 16.4 Å². The van der Waals surface area contributed by atoms with E-state index < -0.39 is 0 Å². The molecule has 4 heterocycles. The van der Waals surface area contributed by atoms with Gasteiger partial charge in [0, 0.05) is 37.1 Å². The van der Waals surface area contributed by atoms with Gasteiger partial charge < -0.3 is 14.4 Å². The van der Waals surface area contributed by atoms with Gasteiger partial charge in [-0.15, -0.1) is 11.3 Å². The molecule has 1 N–H and O–H groups in total. The lowest BCUT2D eigenvalue weighted by Crippen LogP contribution is -2.48. The van der Waals surface area contributed by atoms with Crippen molar-refractivity contribution in [3.05, 3.63) is 59.4 Å². The van der Waals surface area contributed by atoms with E-state index in [4.69, 9.17) is 4.52 Å². The van der Waals surface area contributed by atoms with E-state index in [1.807, 2.05) is 52.7 Å². The van der Waals surface area contributed by atoms with Crippen LogP contribution in [0.3, 0.4) is 0 Å². The number of carbonyl (C=O) groups is 1. The summed E-state index contributed by atoms with van der Waals surface area (Å²) < 4.78 is 5.39. The average molecular weight is 393 g/mol. The normalized spacial score (nSPS) is 15.4. The quantitative estimate of drug-likeness (QED) is 0.576. The minimum absolute atomic E-state index is 0.0496. The molecule has 0 unspecified atom stereocenters. The maximum absolute atomic E-state index is 12.8. The van der Waals surface area contributed by atoms with Gasteiger partial charge in [-0.05, 0) is 23.6 Å². The maximum atomic E-state index is 12.8. The molecule has 0 radical (unpaired) electrons. The van der Waals surface area contributed by atoms with Crippen molar-refractivity contribution in [2.24, 2.45) is 0 Å². The Labute approximate surface area is 165 Å². The van der Waals surface area contributed by atoms with Gasteiger partial charge in [-0.3, -0.25) is 9.69 Å². The molecule has 4 aromatic rings. The maximum Gasteiger partial charge on any atom is 0.270 e. The Kier molecular flexibility index (Phi) is 4.42. The van der Waals surface area contributed by atoms with Crippen LogP contribution in [0.4, 0.5) is 0 Å². The van der Waals surface area contributed by atoms with E-state index in [2.05, 4.69) is 20.0 Å². The molecule has 0 saturated carbocycles. The van der Waals surface area contributed by atoms with Crippen molar-refractivity contribution < 1.29 is 9.32 Å². The molecule has 8 heteroatoms. The summed E-state index contributed by atoms with van der Waals surface area (Å²) in [6.07, 6.45) is 0. The number of para-hydroxylation sites is 1. The molecule has 0 spiro atoms. The van der Waals surface area contributed by atoms with Gasteiger partial charge in [0.1, 0.15) is 5.69 Å². The summed E-state index contributed by atoms with van der Waals surface area (Å²) in [5, 5.41) is 7.11. The van der Waals surface area contributed by atoms with Gasteiger partial charge >= 0.3 is 0 Å². The Morgan fingerprint density at radius 2 is 2.00 bits per heavy atom. The molecule has 5 rings (SSSR count). The van der Waals surface area contributed by atoms with Gasteiger partial charge in [0.25, 0.3) is 5.91 Å². The smallest absolute Gasteiger partial charge is 0.270 e. The number of fused-ring (bicyclic) bond motifs is 1. The fraction of sp³-hybridized carbons (Fsp3) is 0.250. The monoisotopic (exact) mass is 393 g/mol. The van der Waals surface area contributed by atoms with Crippen LogP contribution in [-0.4, -0.2) is 57.0 Å². The number of carbonyl (C=O) groups excluding carboxylic acids is 1. The predicted molar refractivity (Wildman–Crippen MR) is 107 cm³/mol. The molecule has 1 fully saturated rings. The Morgan fingerprint density at radius 3 is 2.79 bits per heavy atom. The fourth-order valence-corrected chi connectivity index (χ4v) is 4.13. The summed E-state index contributed by atoms with van der Waals surface area (Å²) in [6.45, 7) is 3.53. The lowest BCUT2D eigenvalue weighted by Gasteiger charge is -2.33. The fourth-order valence-electron chi connectivity index (χ4n) is 3.48. The van der Waals surface area contributed by atoms with Crippen molar-refractivity contribution in [3.8, 4) is 10.7 Å². The van der Waals surface area contributed by atoms with Crippen molar-refractivity contribution in [2.45, 2.75) is 6.54 Å². The molecule has 1 amide bonds. The number of benzene rings is 1. The van der Waals surface area contributed by atoms with Crippen LogP contribution in [0.5, 0.6) is 0 Å².